The van der Waals surface area contributed by atoms with Crippen LogP contribution in [0.4, 0.5) is 4.39 Å². The molecule has 0 bridgehead atoms. The van der Waals surface area contributed by atoms with Gasteiger partial charge in [0.1, 0.15) is 17.4 Å². The van der Waals surface area contributed by atoms with Crippen molar-refractivity contribution in [1.82, 2.24) is 5.32 Å². The molecule has 0 heterocycles. The molecule has 0 aromatic heterocycles. The van der Waals surface area contributed by atoms with Gasteiger partial charge in [-0.1, -0.05) is 50.3 Å². The van der Waals surface area contributed by atoms with Crippen LogP contribution < -0.4 is 5.32 Å². The average Bonchev–Trinajstić information content (AvgIpc) is 2.79. The van der Waals surface area contributed by atoms with Gasteiger partial charge < -0.3 is 14.8 Å². The van der Waals surface area contributed by atoms with E-state index in [0.717, 1.165) is 24.0 Å². The van der Waals surface area contributed by atoms with E-state index < -0.39 is 5.91 Å². The highest BCUT2D eigenvalue weighted by Crippen LogP contribution is 2.27. The third kappa shape index (κ3) is 8.23. The maximum Gasteiger partial charge on any atom is 0.273 e. The number of carbonyl (C=O) groups excluding carboxylic acids is 1. The maximum absolute atomic E-state index is 13.2. The van der Waals surface area contributed by atoms with Crippen LogP contribution in [0, 0.1) is 5.41 Å². The van der Waals surface area contributed by atoms with Crippen LogP contribution in [0.25, 0.3) is 0 Å². The first-order valence-electron chi connectivity index (χ1n) is 10.8. The highest BCUT2D eigenvalue weighted by Gasteiger charge is 2.18. The lowest BCUT2D eigenvalue weighted by Crippen LogP contribution is -2.35. The number of ether oxygens (including phenoxy) is 2. The fraction of sp³-hybridized carbons (Fsp3) is 0.400. The van der Waals surface area contributed by atoms with Crippen LogP contribution in [0.15, 0.2) is 65.7 Å². The van der Waals surface area contributed by atoms with E-state index in [2.05, 4.69) is 16.9 Å². The molecule has 0 saturated carbocycles. The van der Waals surface area contributed by atoms with E-state index in [-0.39, 0.29) is 35.5 Å². The average molecular weight is 442 g/mol. The second kappa shape index (κ2) is 13.4. The van der Waals surface area contributed by atoms with Gasteiger partial charge in [-0.2, -0.15) is 0 Å². The van der Waals surface area contributed by atoms with Crippen molar-refractivity contribution < 1.29 is 18.7 Å². The van der Waals surface area contributed by atoms with Crippen LogP contribution in [0.3, 0.4) is 0 Å². The predicted molar refractivity (Wildman–Crippen MR) is 126 cm³/mol. The summed E-state index contributed by atoms with van der Waals surface area (Å²) in [5.41, 5.74) is 1.97. The summed E-state index contributed by atoms with van der Waals surface area (Å²) >= 11 is 0. The Bertz CT molecular complexity index is 864. The van der Waals surface area contributed by atoms with Crippen molar-refractivity contribution in [3.8, 4) is 0 Å². The minimum atomic E-state index is -0.451. The molecule has 1 unspecified atom stereocenters. The number of hydrogen-bond donors (Lipinski definition) is 2. The highest BCUT2D eigenvalue weighted by atomic mass is 19.1. The van der Waals surface area contributed by atoms with Gasteiger partial charge in [0.25, 0.3) is 5.91 Å². The molecule has 0 aliphatic heterocycles. The van der Waals surface area contributed by atoms with Gasteiger partial charge in [0.15, 0.2) is 5.71 Å². The Morgan fingerprint density at radius 1 is 1.31 bits per heavy atom. The number of methoxy groups -OCH3 is 1. The molecule has 0 saturated heterocycles. The maximum atomic E-state index is 13.2. The van der Waals surface area contributed by atoms with E-state index in [1.165, 1.54) is 6.08 Å². The molecule has 0 radical (unpaired) electrons. The summed E-state index contributed by atoms with van der Waals surface area (Å²) in [6.45, 7) is 6.99. The number of nitrogens with zero attached hydrogens (tertiary/aromatic N) is 1. The molecular formula is C25H32FN3O3. The molecule has 6 nitrogen and oxygen atoms in total. The number of unbranched alkanes of at least 4 members (excludes halogenated alkanes) is 1. The molecule has 2 rings (SSSR count). The molecule has 1 atom stereocenters. The molecule has 1 aromatic carbocycles. The number of rotatable bonds is 12. The molecular weight excluding hydrogens is 409 g/mol. The lowest BCUT2D eigenvalue weighted by atomic mass is 9.91. The van der Waals surface area contributed by atoms with Crippen molar-refractivity contribution in [1.29, 1.82) is 5.41 Å². The summed E-state index contributed by atoms with van der Waals surface area (Å²) in [5, 5.41) is 11.0. The largest absolute Gasteiger partial charge is 0.492 e. The fourth-order valence-electron chi connectivity index (χ4n) is 3.09. The normalized spacial score (nSPS) is 15.8. The van der Waals surface area contributed by atoms with Gasteiger partial charge in [0.2, 0.25) is 0 Å². The third-order valence-electron chi connectivity index (χ3n) is 4.93. The molecule has 0 fully saturated rings. The van der Waals surface area contributed by atoms with E-state index in [9.17, 15) is 9.18 Å². The molecule has 2 N–H and O–H groups in total. The molecule has 0 spiro atoms. The summed E-state index contributed by atoms with van der Waals surface area (Å²) in [7, 11) is 1.55. The number of amidine groups is 1. The van der Waals surface area contributed by atoms with Gasteiger partial charge in [-0.3, -0.25) is 10.2 Å². The first-order valence-corrected chi connectivity index (χ1v) is 10.8. The Labute approximate surface area is 189 Å². The Morgan fingerprint density at radius 2 is 2.06 bits per heavy atom. The second-order valence-electron chi connectivity index (χ2n) is 7.49. The number of hydrogen-bond acceptors (Lipinski definition) is 4. The SMILES string of the molecule is C=C(OCCCC)/C(=N\C(=N)Cc1ccc(C2C=CC(F)=CC2)cc1)C(=O)NCCOC. The number of carbonyl (C=O) groups is 1. The van der Waals surface area contributed by atoms with E-state index in [0.29, 0.717) is 26.2 Å². The van der Waals surface area contributed by atoms with Crippen LogP contribution in [-0.4, -0.2) is 44.3 Å². The van der Waals surface area contributed by atoms with Gasteiger partial charge in [-0.05, 0) is 36.1 Å². The van der Waals surface area contributed by atoms with Crippen molar-refractivity contribution in [2.75, 3.05) is 26.9 Å². The van der Waals surface area contributed by atoms with Crippen LogP contribution >= 0.6 is 0 Å². The van der Waals surface area contributed by atoms with E-state index in [4.69, 9.17) is 14.9 Å². The lowest BCUT2D eigenvalue weighted by molar-refractivity contribution is -0.115. The minimum absolute atomic E-state index is 0.0000158. The van der Waals surface area contributed by atoms with E-state index >= 15 is 0 Å². The van der Waals surface area contributed by atoms with Crippen molar-refractivity contribution in [2.45, 2.75) is 38.5 Å². The zero-order valence-electron chi connectivity index (χ0n) is 18.8. The number of halogens is 1. The summed E-state index contributed by atoms with van der Waals surface area (Å²) in [6, 6.07) is 7.80. The smallest absolute Gasteiger partial charge is 0.273 e. The quantitative estimate of drug-likeness (QED) is 0.215. The van der Waals surface area contributed by atoms with Crippen LogP contribution in [0.1, 0.15) is 43.2 Å². The standard InChI is InChI=1S/C25H32FN3O3/c1-4-5-15-32-18(2)24(25(30)28-14-16-31-3)29-23(27)17-19-6-8-20(9-7-19)21-10-12-22(26)13-11-21/h6-10,12-13,21,27H,2,4-5,11,14-17H2,1,3H3,(H,28,30)/b27-23?,29-24+. The van der Waals surface area contributed by atoms with Crippen molar-refractivity contribution >= 4 is 17.5 Å². The number of amides is 1. The summed E-state index contributed by atoms with van der Waals surface area (Å²) < 4.78 is 23.7. The predicted octanol–water partition coefficient (Wildman–Crippen LogP) is 4.64. The number of allylic oxidation sites excluding steroid dienone is 4. The fourth-order valence-corrected chi connectivity index (χ4v) is 3.09. The van der Waals surface area contributed by atoms with Crippen LogP contribution in [-0.2, 0) is 20.7 Å². The van der Waals surface area contributed by atoms with Crippen molar-refractivity contribution in [3.63, 3.8) is 0 Å². The lowest BCUT2D eigenvalue weighted by Gasteiger charge is -2.15. The van der Waals surface area contributed by atoms with E-state index in [1.807, 2.05) is 37.3 Å². The van der Waals surface area contributed by atoms with Gasteiger partial charge in [0, 0.05) is 26.0 Å². The minimum Gasteiger partial charge on any atom is -0.492 e. The molecule has 1 aliphatic rings. The Hall–Kier alpha value is -3.06. The van der Waals surface area contributed by atoms with Gasteiger partial charge >= 0.3 is 0 Å². The van der Waals surface area contributed by atoms with Crippen LogP contribution in [0.5, 0.6) is 0 Å². The molecule has 1 aromatic rings. The van der Waals surface area contributed by atoms with E-state index in [1.54, 1.807) is 13.2 Å². The molecule has 1 aliphatic carbocycles. The number of nitrogens with one attached hydrogen (secondary N) is 2. The van der Waals surface area contributed by atoms with Gasteiger partial charge in [-0.25, -0.2) is 9.38 Å². The van der Waals surface area contributed by atoms with Gasteiger partial charge in [0.05, 0.1) is 13.2 Å². The zero-order valence-corrected chi connectivity index (χ0v) is 18.8. The Balaban J connectivity index is 2.05. The summed E-state index contributed by atoms with van der Waals surface area (Å²) in [6.07, 6.45) is 7.59. The highest BCUT2D eigenvalue weighted by molar-refractivity contribution is 6.46. The molecule has 7 heteroatoms. The summed E-state index contributed by atoms with van der Waals surface area (Å²) in [4.78, 5) is 16.8. The van der Waals surface area contributed by atoms with Gasteiger partial charge in [-0.15, -0.1) is 0 Å². The van der Waals surface area contributed by atoms with Crippen molar-refractivity contribution in [3.05, 3.63) is 71.8 Å². The topological polar surface area (TPSA) is 83.8 Å². The van der Waals surface area contributed by atoms with Crippen molar-refractivity contribution in [2.24, 2.45) is 4.99 Å². The Morgan fingerprint density at radius 3 is 2.69 bits per heavy atom. The summed E-state index contributed by atoms with van der Waals surface area (Å²) in [5.74, 6) is -0.332. The number of aliphatic imine (C=N–C) groups is 1. The molecule has 32 heavy (non-hydrogen) atoms. The number of benzene rings is 1. The zero-order chi connectivity index (χ0) is 23.3. The third-order valence-corrected chi connectivity index (χ3v) is 4.93. The molecule has 1 amide bonds. The first kappa shape index (κ1) is 25.2. The first-order chi connectivity index (χ1) is 15.4. The Kier molecular flexibility index (Phi) is 10.5. The van der Waals surface area contributed by atoms with Crippen LogP contribution in [0.2, 0.25) is 0 Å². The molecule has 172 valence electrons. The second-order valence-corrected chi connectivity index (χ2v) is 7.49. The monoisotopic (exact) mass is 441 g/mol.